The number of hydrogen-bond donors (Lipinski definition) is 0. The minimum atomic E-state index is -0.0554. The van der Waals surface area contributed by atoms with E-state index in [9.17, 15) is 4.79 Å². The summed E-state index contributed by atoms with van der Waals surface area (Å²) in [5, 5.41) is 0. The average Bonchev–Trinajstić information content (AvgIpc) is 3.56. The minimum Gasteiger partial charge on any atom is -0.311 e. The Morgan fingerprint density at radius 1 is 0.800 bits per heavy atom. The molecule has 1 amide bonds. The molecule has 4 aromatic carbocycles. The number of anilines is 3. The number of fused-ring (bicyclic) bond motifs is 1. The summed E-state index contributed by atoms with van der Waals surface area (Å²) in [5.41, 5.74) is 10.3. The second-order valence-electron chi connectivity index (χ2n) is 9.64. The highest BCUT2D eigenvalue weighted by atomic mass is 32.2. The molecule has 0 N–H and O–H groups in total. The number of likely N-dealkylation sites (N-methyl/N-ethyl adjacent to an activating group) is 1. The van der Waals surface area contributed by atoms with E-state index in [0.717, 1.165) is 44.8 Å². The predicted octanol–water partition coefficient (Wildman–Crippen LogP) is 8.67. The zero-order valence-electron chi connectivity index (χ0n) is 22.3. The lowest BCUT2D eigenvalue weighted by atomic mass is 10.0. The monoisotopic (exact) mass is 578 g/mol. The smallest absolute Gasteiger partial charge is 0.266 e. The molecular formula is C32H26N4OS3. The van der Waals surface area contributed by atoms with Crippen LogP contribution in [0.1, 0.15) is 23.6 Å². The Morgan fingerprint density at radius 3 is 1.90 bits per heavy atom. The summed E-state index contributed by atoms with van der Waals surface area (Å²) in [6.45, 7) is 6.69. The lowest BCUT2D eigenvalue weighted by Gasteiger charge is -2.26. The summed E-state index contributed by atoms with van der Waals surface area (Å²) in [5.74, 6) is -0.0554. The first-order valence-electron chi connectivity index (χ1n) is 13.0. The van der Waals surface area contributed by atoms with Gasteiger partial charge >= 0.3 is 0 Å². The van der Waals surface area contributed by atoms with Gasteiger partial charge < -0.3 is 4.90 Å². The third-order valence-electron chi connectivity index (χ3n) is 6.94. The highest BCUT2D eigenvalue weighted by Gasteiger charge is 2.31. The molecule has 0 radical (unpaired) electrons. The first-order valence-corrected chi connectivity index (χ1v) is 14.9. The van der Waals surface area contributed by atoms with Gasteiger partial charge in [-0.15, -0.1) is 0 Å². The highest BCUT2D eigenvalue weighted by Crippen LogP contribution is 2.38. The summed E-state index contributed by atoms with van der Waals surface area (Å²) in [7, 11) is 0. The van der Waals surface area contributed by atoms with Crippen molar-refractivity contribution < 1.29 is 4.79 Å². The minimum absolute atomic E-state index is 0.0554. The second-order valence-corrected chi connectivity index (χ2v) is 11.8. The average molecular weight is 579 g/mol. The maximum atomic E-state index is 12.8. The van der Waals surface area contributed by atoms with Crippen molar-refractivity contribution in [1.29, 1.82) is 0 Å². The van der Waals surface area contributed by atoms with Crippen LogP contribution < -0.4 is 4.90 Å². The molecule has 1 aliphatic heterocycles. The fourth-order valence-electron chi connectivity index (χ4n) is 4.77. The zero-order valence-corrected chi connectivity index (χ0v) is 24.7. The fourth-order valence-corrected chi connectivity index (χ4v) is 6.73. The van der Waals surface area contributed by atoms with Gasteiger partial charge in [0.05, 0.1) is 16.6 Å². The molecule has 2 heterocycles. The quantitative estimate of drug-likeness (QED) is 0.148. The summed E-state index contributed by atoms with van der Waals surface area (Å²) in [4.78, 5) is 17.2. The molecule has 0 saturated carbocycles. The molecule has 6 rings (SSSR count). The summed E-state index contributed by atoms with van der Waals surface area (Å²) >= 11 is 7.89. The Labute approximate surface area is 247 Å². The number of benzene rings is 4. The van der Waals surface area contributed by atoms with Crippen molar-refractivity contribution in [1.82, 2.24) is 13.6 Å². The van der Waals surface area contributed by atoms with Crippen LogP contribution in [0.15, 0.2) is 89.8 Å². The molecule has 1 aromatic heterocycles. The van der Waals surface area contributed by atoms with E-state index in [0.29, 0.717) is 15.8 Å². The number of amides is 1. The topological polar surface area (TPSA) is 49.3 Å². The highest BCUT2D eigenvalue weighted by molar-refractivity contribution is 8.26. The largest absolute Gasteiger partial charge is 0.311 e. The Hall–Kier alpha value is -3.85. The van der Waals surface area contributed by atoms with Crippen molar-refractivity contribution in [3.63, 3.8) is 0 Å². The lowest BCUT2D eigenvalue weighted by Crippen LogP contribution is -2.27. The van der Waals surface area contributed by atoms with Crippen LogP contribution in [0.25, 0.3) is 28.2 Å². The standard InChI is InChI=1S/C32H26N4OS3/c1-4-35-31(37)28(39-32(35)38)19-23-11-18-27(30-29(23)33-40-34-30)22-9-16-26(17-10-22)36(24-12-5-20(2)6-13-24)25-14-7-21(3)8-15-25/h5-19H,4H2,1-3H3/b28-19+. The molecule has 0 bridgehead atoms. The van der Waals surface area contributed by atoms with Gasteiger partial charge in [-0.3, -0.25) is 9.69 Å². The van der Waals surface area contributed by atoms with Crippen LogP contribution in [0.5, 0.6) is 0 Å². The van der Waals surface area contributed by atoms with Gasteiger partial charge in [-0.05, 0) is 68.8 Å². The number of aromatic nitrogens is 2. The van der Waals surface area contributed by atoms with E-state index >= 15 is 0 Å². The number of hydrogen-bond acceptors (Lipinski definition) is 7. The van der Waals surface area contributed by atoms with Gasteiger partial charge in [0, 0.05) is 34.7 Å². The SMILES string of the molecule is CCN1C(=O)/C(=C\c2ccc(-c3ccc(N(c4ccc(C)cc4)c4ccc(C)cc4)cc3)c3nsnc23)SC1=S. The first-order chi connectivity index (χ1) is 19.4. The number of carbonyl (C=O) groups is 1. The van der Waals surface area contributed by atoms with Gasteiger partial charge in [-0.2, -0.15) is 8.75 Å². The zero-order chi connectivity index (χ0) is 27.8. The molecule has 0 unspecified atom stereocenters. The van der Waals surface area contributed by atoms with Crippen LogP contribution in [-0.4, -0.2) is 30.4 Å². The van der Waals surface area contributed by atoms with Crippen LogP contribution in [0, 0.1) is 13.8 Å². The summed E-state index contributed by atoms with van der Waals surface area (Å²) in [6, 6.07) is 29.8. The molecule has 8 heteroatoms. The fraction of sp³-hybridized carbons (Fsp3) is 0.125. The van der Waals surface area contributed by atoms with E-state index < -0.39 is 0 Å². The van der Waals surface area contributed by atoms with Crippen LogP contribution in [-0.2, 0) is 4.79 Å². The van der Waals surface area contributed by atoms with Crippen LogP contribution in [0.4, 0.5) is 17.1 Å². The van der Waals surface area contributed by atoms with E-state index in [1.165, 1.54) is 34.6 Å². The van der Waals surface area contributed by atoms with Gasteiger partial charge in [-0.25, -0.2) is 0 Å². The molecule has 0 aliphatic carbocycles. The van der Waals surface area contributed by atoms with E-state index in [1.54, 1.807) is 4.90 Å². The number of carbonyl (C=O) groups excluding carboxylic acids is 1. The maximum Gasteiger partial charge on any atom is 0.266 e. The van der Waals surface area contributed by atoms with E-state index in [4.69, 9.17) is 12.2 Å². The van der Waals surface area contributed by atoms with E-state index in [1.807, 2.05) is 19.1 Å². The van der Waals surface area contributed by atoms with Crippen LogP contribution in [0.2, 0.25) is 0 Å². The summed E-state index contributed by atoms with van der Waals surface area (Å²) < 4.78 is 9.80. The van der Waals surface area contributed by atoms with Gasteiger partial charge in [0.15, 0.2) is 0 Å². The van der Waals surface area contributed by atoms with Crippen LogP contribution >= 0.6 is 35.7 Å². The molecule has 1 aliphatic rings. The molecule has 5 nitrogen and oxygen atoms in total. The Bertz CT molecular complexity index is 1710. The maximum absolute atomic E-state index is 12.8. The van der Waals surface area contributed by atoms with Crippen molar-refractivity contribution in [3.8, 4) is 11.1 Å². The number of thioether (sulfide) groups is 1. The second kappa shape index (κ2) is 11.0. The van der Waals surface area contributed by atoms with Crippen molar-refractivity contribution >= 4 is 80.1 Å². The van der Waals surface area contributed by atoms with Crippen LogP contribution in [0.3, 0.4) is 0 Å². The molecule has 0 spiro atoms. The number of nitrogens with zero attached hydrogens (tertiary/aromatic N) is 4. The van der Waals surface area contributed by atoms with Crippen molar-refractivity contribution in [2.24, 2.45) is 0 Å². The molecule has 1 saturated heterocycles. The van der Waals surface area contributed by atoms with Crippen molar-refractivity contribution in [3.05, 3.63) is 107 Å². The Kier molecular flexibility index (Phi) is 7.23. The van der Waals surface area contributed by atoms with Crippen molar-refractivity contribution in [2.75, 3.05) is 11.4 Å². The number of thiocarbonyl (C=S) groups is 1. The van der Waals surface area contributed by atoms with Gasteiger partial charge in [0.1, 0.15) is 15.4 Å². The molecule has 5 aromatic rings. The number of aryl methyl sites for hydroxylation is 2. The lowest BCUT2D eigenvalue weighted by molar-refractivity contribution is -0.121. The molecule has 0 atom stereocenters. The molecule has 40 heavy (non-hydrogen) atoms. The van der Waals surface area contributed by atoms with Gasteiger partial charge in [0.2, 0.25) is 0 Å². The van der Waals surface area contributed by atoms with Gasteiger partial charge in [-0.1, -0.05) is 83.6 Å². The first kappa shape index (κ1) is 26.4. The predicted molar refractivity (Wildman–Crippen MR) is 173 cm³/mol. The third-order valence-corrected chi connectivity index (χ3v) is 8.85. The van der Waals surface area contributed by atoms with Crippen molar-refractivity contribution in [2.45, 2.75) is 20.8 Å². The number of rotatable bonds is 6. The summed E-state index contributed by atoms with van der Waals surface area (Å²) in [6.07, 6.45) is 1.88. The molecule has 1 fully saturated rings. The Balaban J connectivity index is 1.36. The normalized spacial score (nSPS) is 14.5. The Morgan fingerprint density at radius 2 is 1.35 bits per heavy atom. The van der Waals surface area contributed by atoms with E-state index in [2.05, 4.69) is 106 Å². The molecular weight excluding hydrogens is 553 g/mol. The molecule has 198 valence electrons. The van der Waals surface area contributed by atoms with Gasteiger partial charge in [0.25, 0.3) is 5.91 Å². The van der Waals surface area contributed by atoms with E-state index in [-0.39, 0.29) is 5.91 Å². The third kappa shape index (κ3) is 4.94.